The molecule has 0 saturated carbocycles. The van der Waals surface area contributed by atoms with Crippen molar-refractivity contribution in [2.75, 3.05) is 11.9 Å². The van der Waals surface area contributed by atoms with E-state index in [0.717, 1.165) is 6.07 Å². The predicted molar refractivity (Wildman–Crippen MR) is 69.3 cm³/mol. The van der Waals surface area contributed by atoms with E-state index in [1.165, 1.54) is 12.1 Å². The monoisotopic (exact) mass is 274 g/mol. The molecule has 1 rings (SSSR count). The SMILES string of the molecule is CCC(C)(CO)NC(=O)Nc1ccc(Cl)cc1F. The summed E-state index contributed by atoms with van der Waals surface area (Å²) in [5, 5.41) is 14.4. The molecule has 3 N–H and O–H groups in total. The van der Waals surface area contributed by atoms with Crippen molar-refractivity contribution in [3.63, 3.8) is 0 Å². The van der Waals surface area contributed by atoms with Gasteiger partial charge in [0.25, 0.3) is 0 Å². The number of nitrogens with one attached hydrogen (secondary N) is 2. The van der Waals surface area contributed by atoms with Crippen LogP contribution >= 0.6 is 11.6 Å². The summed E-state index contributed by atoms with van der Waals surface area (Å²) in [6.07, 6.45) is 0.556. The zero-order valence-electron chi connectivity index (χ0n) is 10.3. The lowest BCUT2D eigenvalue weighted by molar-refractivity contribution is 0.172. The number of aliphatic hydroxyl groups excluding tert-OH is 1. The van der Waals surface area contributed by atoms with Crippen LogP contribution in [0.4, 0.5) is 14.9 Å². The van der Waals surface area contributed by atoms with Crippen molar-refractivity contribution in [3.05, 3.63) is 29.0 Å². The zero-order chi connectivity index (χ0) is 13.8. The van der Waals surface area contributed by atoms with E-state index in [0.29, 0.717) is 6.42 Å². The molecule has 0 saturated heterocycles. The topological polar surface area (TPSA) is 61.4 Å². The second-order valence-corrected chi connectivity index (χ2v) is 4.71. The van der Waals surface area contributed by atoms with Crippen LogP contribution in [0.2, 0.25) is 5.02 Å². The van der Waals surface area contributed by atoms with Crippen LogP contribution in [0, 0.1) is 5.82 Å². The number of amides is 2. The molecule has 1 aromatic rings. The molecule has 0 spiro atoms. The quantitative estimate of drug-likeness (QED) is 0.791. The number of carbonyl (C=O) groups is 1. The van der Waals surface area contributed by atoms with Crippen molar-refractivity contribution < 1.29 is 14.3 Å². The van der Waals surface area contributed by atoms with Crippen LogP contribution in [-0.2, 0) is 0 Å². The molecule has 0 aliphatic heterocycles. The van der Waals surface area contributed by atoms with E-state index in [1.807, 2.05) is 6.92 Å². The van der Waals surface area contributed by atoms with Gasteiger partial charge in [-0.2, -0.15) is 0 Å². The van der Waals surface area contributed by atoms with Gasteiger partial charge in [-0.3, -0.25) is 0 Å². The number of benzene rings is 1. The highest BCUT2D eigenvalue weighted by Crippen LogP contribution is 2.19. The molecular weight excluding hydrogens is 259 g/mol. The van der Waals surface area contributed by atoms with Crippen LogP contribution in [0.15, 0.2) is 18.2 Å². The van der Waals surface area contributed by atoms with E-state index in [-0.39, 0.29) is 17.3 Å². The van der Waals surface area contributed by atoms with Crippen molar-refractivity contribution in [3.8, 4) is 0 Å². The third-order valence-electron chi connectivity index (χ3n) is 2.72. The summed E-state index contributed by atoms with van der Waals surface area (Å²) >= 11 is 5.60. The smallest absolute Gasteiger partial charge is 0.319 e. The molecule has 4 nitrogen and oxygen atoms in total. The summed E-state index contributed by atoms with van der Waals surface area (Å²) in [6, 6.07) is 3.39. The number of urea groups is 1. The van der Waals surface area contributed by atoms with Gasteiger partial charge in [0.2, 0.25) is 0 Å². The minimum Gasteiger partial charge on any atom is -0.394 e. The highest BCUT2D eigenvalue weighted by Gasteiger charge is 2.23. The number of rotatable bonds is 4. The minimum absolute atomic E-state index is 0.0355. The Morgan fingerprint density at radius 1 is 1.56 bits per heavy atom. The molecule has 1 aromatic carbocycles. The van der Waals surface area contributed by atoms with Gasteiger partial charge >= 0.3 is 6.03 Å². The molecule has 0 heterocycles. The molecule has 0 aliphatic carbocycles. The molecule has 1 atom stereocenters. The summed E-state index contributed by atoms with van der Waals surface area (Å²) in [5.74, 6) is -0.611. The average Bonchev–Trinajstić information content (AvgIpc) is 2.32. The van der Waals surface area contributed by atoms with Gasteiger partial charge in [-0.1, -0.05) is 18.5 Å². The standard InChI is InChI=1S/C12H16ClFN2O2/c1-3-12(2,7-17)16-11(18)15-10-5-4-8(13)6-9(10)14/h4-6,17H,3,7H2,1-2H3,(H2,15,16,18). The Morgan fingerprint density at radius 3 is 2.72 bits per heavy atom. The van der Waals surface area contributed by atoms with Gasteiger partial charge in [-0.25, -0.2) is 9.18 Å². The number of carbonyl (C=O) groups excluding carboxylic acids is 1. The summed E-state index contributed by atoms with van der Waals surface area (Å²) in [6.45, 7) is 3.34. The fraction of sp³-hybridized carbons (Fsp3) is 0.417. The maximum absolute atomic E-state index is 13.4. The van der Waals surface area contributed by atoms with Crippen LogP contribution < -0.4 is 10.6 Å². The van der Waals surface area contributed by atoms with Crippen molar-refractivity contribution in [1.82, 2.24) is 5.32 Å². The fourth-order valence-electron chi connectivity index (χ4n) is 1.26. The largest absolute Gasteiger partial charge is 0.394 e. The van der Waals surface area contributed by atoms with E-state index in [4.69, 9.17) is 16.7 Å². The maximum Gasteiger partial charge on any atom is 0.319 e. The molecule has 0 aromatic heterocycles. The third kappa shape index (κ3) is 3.85. The Kier molecular flexibility index (Phi) is 4.93. The molecule has 0 radical (unpaired) electrons. The summed E-state index contributed by atoms with van der Waals surface area (Å²) in [4.78, 5) is 11.7. The van der Waals surface area contributed by atoms with Gasteiger partial charge in [-0.05, 0) is 31.5 Å². The van der Waals surface area contributed by atoms with Gasteiger partial charge in [0.15, 0.2) is 0 Å². The second kappa shape index (κ2) is 6.02. The first-order valence-electron chi connectivity index (χ1n) is 5.55. The summed E-state index contributed by atoms with van der Waals surface area (Å²) in [7, 11) is 0. The van der Waals surface area contributed by atoms with Crippen molar-refractivity contribution in [2.45, 2.75) is 25.8 Å². The van der Waals surface area contributed by atoms with Crippen molar-refractivity contribution in [2.24, 2.45) is 0 Å². The molecule has 6 heteroatoms. The number of halogens is 2. The third-order valence-corrected chi connectivity index (χ3v) is 2.96. The molecule has 0 aliphatic rings. The lowest BCUT2D eigenvalue weighted by Crippen LogP contribution is -2.50. The normalized spacial score (nSPS) is 13.8. The minimum atomic E-state index is -0.729. The number of aliphatic hydroxyl groups is 1. The van der Waals surface area contributed by atoms with Crippen LogP contribution in [0.5, 0.6) is 0 Å². The Balaban J connectivity index is 2.70. The van der Waals surface area contributed by atoms with Gasteiger partial charge in [0.05, 0.1) is 17.8 Å². The van der Waals surface area contributed by atoms with Crippen molar-refractivity contribution >= 4 is 23.3 Å². The summed E-state index contributed by atoms with van der Waals surface area (Å²) in [5.41, 5.74) is -0.694. The Morgan fingerprint density at radius 2 is 2.22 bits per heavy atom. The molecule has 0 fully saturated rings. The maximum atomic E-state index is 13.4. The first-order valence-corrected chi connectivity index (χ1v) is 5.93. The van der Waals surface area contributed by atoms with Crippen molar-refractivity contribution in [1.29, 1.82) is 0 Å². The molecule has 2 amide bonds. The molecule has 1 unspecified atom stereocenters. The lowest BCUT2D eigenvalue weighted by atomic mass is 10.0. The number of hydrogen-bond donors (Lipinski definition) is 3. The molecular formula is C12H16ClFN2O2. The fourth-order valence-corrected chi connectivity index (χ4v) is 1.42. The van der Waals surface area contributed by atoms with Gasteiger partial charge < -0.3 is 15.7 Å². The van der Waals surface area contributed by atoms with E-state index < -0.39 is 17.4 Å². The van der Waals surface area contributed by atoms with Gasteiger partial charge in [0, 0.05) is 5.02 Å². The Bertz CT molecular complexity index is 436. The summed E-state index contributed by atoms with van der Waals surface area (Å²) < 4.78 is 13.4. The lowest BCUT2D eigenvalue weighted by Gasteiger charge is -2.27. The Labute approximate surface area is 110 Å². The number of hydrogen-bond acceptors (Lipinski definition) is 2. The first-order chi connectivity index (χ1) is 8.40. The van der Waals surface area contributed by atoms with E-state index in [1.54, 1.807) is 6.92 Å². The van der Waals surface area contributed by atoms with Gasteiger partial charge in [0.1, 0.15) is 5.82 Å². The molecule has 100 valence electrons. The predicted octanol–water partition coefficient (Wildman–Crippen LogP) is 2.76. The van der Waals surface area contributed by atoms with E-state index in [9.17, 15) is 9.18 Å². The average molecular weight is 275 g/mol. The highest BCUT2D eigenvalue weighted by atomic mass is 35.5. The van der Waals surface area contributed by atoms with E-state index >= 15 is 0 Å². The van der Waals surface area contributed by atoms with E-state index in [2.05, 4.69) is 10.6 Å². The van der Waals surface area contributed by atoms with Crippen LogP contribution in [0.1, 0.15) is 20.3 Å². The Hall–Kier alpha value is -1.33. The second-order valence-electron chi connectivity index (χ2n) is 4.28. The van der Waals surface area contributed by atoms with Crippen LogP contribution in [-0.4, -0.2) is 23.3 Å². The molecule has 0 bridgehead atoms. The first kappa shape index (κ1) is 14.7. The number of anilines is 1. The van der Waals surface area contributed by atoms with Crippen LogP contribution in [0.25, 0.3) is 0 Å². The van der Waals surface area contributed by atoms with Gasteiger partial charge in [-0.15, -0.1) is 0 Å². The highest BCUT2D eigenvalue weighted by molar-refractivity contribution is 6.30. The van der Waals surface area contributed by atoms with Crippen LogP contribution in [0.3, 0.4) is 0 Å². The molecule has 18 heavy (non-hydrogen) atoms. The zero-order valence-corrected chi connectivity index (χ0v) is 11.0.